The van der Waals surface area contributed by atoms with Gasteiger partial charge in [-0.2, -0.15) is 0 Å². The van der Waals surface area contributed by atoms with Crippen molar-refractivity contribution in [3.8, 4) is 0 Å². The Morgan fingerprint density at radius 3 is 2.47 bits per heavy atom. The van der Waals surface area contributed by atoms with Crippen molar-refractivity contribution in [2.24, 2.45) is 4.99 Å². The molecule has 0 unspecified atom stereocenters. The number of ether oxygens (including phenoxy) is 1. The van der Waals surface area contributed by atoms with Gasteiger partial charge in [0.2, 0.25) is 0 Å². The summed E-state index contributed by atoms with van der Waals surface area (Å²) >= 11 is 0. The highest BCUT2D eigenvalue weighted by Crippen LogP contribution is 1.91. The molecule has 0 aromatic rings. The summed E-state index contributed by atoms with van der Waals surface area (Å²) < 4.78 is 5.05. The third kappa shape index (κ3) is 12.0. The number of rotatable bonds is 11. The monoisotopic (exact) mass is 272 g/mol. The van der Waals surface area contributed by atoms with E-state index < -0.39 is 0 Å². The number of likely N-dealkylation sites (N-methyl/N-ethyl adjacent to an activating group) is 1. The Hall–Kier alpha value is -0.810. The molecule has 0 bridgehead atoms. The molecule has 5 nitrogen and oxygen atoms in total. The summed E-state index contributed by atoms with van der Waals surface area (Å²) in [5.74, 6) is 0.904. The molecule has 0 aromatic heterocycles. The number of hydrogen-bond donors (Lipinski definition) is 2. The van der Waals surface area contributed by atoms with Gasteiger partial charge in [-0.05, 0) is 19.9 Å². The third-order valence-corrected chi connectivity index (χ3v) is 2.97. The molecular weight excluding hydrogens is 240 g/mol. The average molecular weight is 272 g/mol. The minimum atomic E-state index is 0.832. The van der Waals surface area contributed by atoms with Crippen LogP contribution in [0, 0.1) is 0 Å². The molecule has 0 aliphatic heterocycles. The van der Waals surface area contributed by atoms with E-state index in [1.54, 1.807) is 7.11 Å². The number of unbranched alkanes of at least 4 members (excludes halogenated alkanes) is 2. The summed E-state index contributed by atoms with van der Waals surface area (Å²) in [6.45, 7) is 7.04. The number of aliphatic imine (C=N–C) groups is 1. The Balaban J connectivity index is 3.55. The highest BCUT2D eigenvalue weighted by Gasteiger charge is 2.00. The summed E-state index contributed by atoms with van der Waals surface area (Å²) in [5, 5.41) is 6.66. The second-order valence-corrected chi connectivity index (χ2v) is 4.78. The van der Waals surface area contributed by atoms with E-state index in [4.69, 9.17) is 4.74 Å². The molecule has 5 heteroatoms. The number of methoxy groups -OCH3 is 1. The lowest BCUT2D eigenvalue weighted by Gasteiger charge is -2.18. The van der Waals surface area contributed by atoms with Gasteiger partial charge < -0.3 is 20.3 Å². The molecule has 0 fully saturated rings. The molecule has 0 spiro atoms. The van der Waals surface area contributed by atoms with Crippen LogP contribution in [-0.4, -0.2) is 64.9 Å². The Labute approximate surface area is 118 Å². The fourth-order valence-corrected chi connectivity index (χ4v) is 1.76. The highest BCUT2D eigenvalue weighted by atomic mass is 16.5. The zero-order valence-corrected chi connectivity index (χ0v) is 13.2. The molecule has 0 heterocycles. The molecule has 0 aliphatic rings. The molecular formula is C14H32N4O. The van der Waals surface area contributed by atoms with Crippen molar-refractivity contribution in [3.63, 3.8) is 0 Å². The zero-order chi connectivity index (χ0) is 14.3. The predicted octanol–water partition coefficient (Wildman–Crippen LogP) is 1.31. The lowest BCUT2D eigenvalue weighted by molar-refractivity contribution is 0.180. The second-order valence-electron chi connectivity index (χ2n) is 4.78. The van der Waals surface area contributed by atoms with Crippen molar-refractivity contribution in [1.29, 1.82) is 0 Å². The molecule has 0 rings (SSSR count). The molecule has 114 valence electrons. The summed E-state index contributed by atoms with van der Waals surface area (Å²) in [7, 11) is 5.70. The molecule has 2 N–H and O–H groups in total. The van der Waals surface area contributed by atoms with E-state index >= 15 is 0 Å². The van der Waals surface area contributed by atoms with Crippen molar-refractivity contribution >= 4 is 5.96 Å². The summed E-state index contributed by atoms with van der Waals surface area (Å²) in [6, 6.07) is 0. The lowest BCUT2D eigenvalue weighted by Crippen LogP contribution is -2.41. The molecule has 0 aliphatic carbocycles. The second kappa shape index (κ2) is 13.6. The van der Waals surface area contributed by atoms with Crippen LogP contribution in [0.5, 0.6) is 0 Å². The van der Waals surface area contributed by atoms with Crippen LogP contribution < -0.4 is 10.6 Å². The van der Waals surface area contributed by atoms with Gasteiger partial charge in [0.05, 0.1) is 0 Å². The molecule has 0 saturated heterocycles. The van der Waals surface area contributed by atoms with E-state index in [0.717, 1.165) is 45.2 Å². The molecule has 0 aromatic carbocycles. The first-order valence-electron chi connectivity index (χ1n) is 7.36. The molecule has 0 radical (unpaired) electrons. The highest BCUT2D eigenvalue weighted by molar-refractivity contribution is 5.79. The normalized spacial score (nSPS) is 11.9. The molecule has 0 amide bonds. The Bertz CT molecular complexity index is 221. The standard InChI is InChI=1S/C14H32N4O/c1-5-6-7-9-16-14(15-2)17-10-12-18(3)11-8-13-19-4/h5-13H2,1-4H3,(H2,15,16,17). The Kier molecular flexibility index (Phi) is 13.0. The van der Waals surface area contributed by atoms with Crippen LogP contribution in [0.4, 0.5) is 0 Å². The van der Waals surface area contributed by atoms with E-state index in [-0.39, 0.29) is 0 Å². The zero-order valence-electron chi connectivity index (χ0n) is 13.2. The van der Waals surface area contributed by atoms with Crippen molar-refractivity contribution in [3.05, 3.63) is 0 Å². The average Bonchev–Trinajstić information content (AvgIpc) is 2.41. The van der Waals surface area contributed by atoms with Crippen LogP contribution in [0.1, 0.15) is 32.6 Å². The first-order valence-corrected chi connectivity index (χ1v) is 7.36. The van der Waals surface area contributed by atoms with Crippen LogP contribution in [-0.2, 0) is 4.74 Å². The van der Waals surface area contributed by atoms with Crippen molar-refractivity contribution in [2.75, 3.05) is 54.0 Å². The van der Waals surface area contributed by atoms with E-state index in [2.05, 4.69) is 34.5 Å². The fourth-order valence-electron chi connectivity index (χ4n) is 1.76. The topological polar surface area (TPSA) is 48.9 Å². The molecule has 0 saturated carbocycles. The Morgan fingerprint density at radius 2 is 1.84 bits per heavy atom. The van der Waals surface area contributed by atoms with E-state index in [0.29, 0.717) is 0 Å². The number of nitrogens with zero attached hydrogens (tertiary/aromatic N) is 2. The van der Waals surface area contributed by atoms with Gasteiger partial charge in [0, 0.05) is 46.9 Å². The third-order valence-electron chi connectivity index (χ3n) is 2.97. The SMILES string of the molecule is CCCCCNC(=NC)NCCN(C)CCCOC. The van der Waals surface area contributed by atoms with Gasteiger partial charge in [-0.1, -0.05) is 19.8 Å². The van der Waals surface area contributed by atoms with Crippen molar-refractivity contribution in [2.45, 2.75) is 32.6 Å². The van der Waals surface area contributed by atoms with Crippen molar-refractivity contribution < 1.29 is 4.74 Å². The van der Waals surface area contributed by atoms with Gasteiger partial charge in [0.25, 0.3) is 0 Å². The van der Waals surface area contributed by atoms with E-state index in [9.17, 15) is 0 Å². The smallest absolute Gasteiger partial charge is 0.191 e. The minimum Gasteiger partial charge on any atom is -0.385 e. The summed E-state index contributed by atoms with van der Waals surface area (Å²) in [5.41, 5.74) is 0. The van der Waals surface area contributed by atoms with Crippen LogP contribution in [0.15, 0.2) is 4.99 Å². The fraction of sp³-hybridized carbons (Fsp3) is 0.929. The molecule has 19 heavy (non-hydrogen) atoms. The summed E-state index contributed by atoms with van der Waals surface area (Å²) in [4.78, 5) is 6.52. The van der Waals surface area contributed by atoms with Gasteiger partial charge in [-0.3, -0.25) is 4.99 Å². The number of guanidine groups is 1. The largest absolute Gasteiger partial charge is 0.385 e. The number of nitrogens with one attached hydrogen (secondary N) is 2. The maximum atomic E-state index is 5.05. The predicted molar refractivity (Wildman–Crippen MR) is 82.9 cm³/mol. The quantitative estimate of drug-likeness (QED) is 0.338. The van der Waals surface area contributed by atoms with Gasteiger partial charge >= 0.3 is 0 Å². The van der Waals surface area contributed by atoms with Crippen LogP contribution in [0.25, 0.3) is 0 Å². The Morgan fingerprint density at radius 1 is 1.11 bits per heavy atom. The lowest BCUT2D eigenvalue weighted by atomic mass is 10.2. The van der Waals surface area contributed by atoms with Gasteiger partial charge in [-0.15, -0.1) is 0 Å². The van der Waals surface area contributed by atoms with Gasteiger partial charge in [-0.25, -0.2) is 0 Å². The minimum absolute atomic E-state index is 0.832. The van der Waals surface area contributed by atoms with Gasteiger partial charge in [0.15, 0.2) is 5.96 Å². The van der Waals surface area contributed by atoms with Crippen LogP contribution in [0.3, 0.4) is 0 Å². The summed E-state index contributed by atoms with van der Waals surface area (Å²) in [6.07, 6.45) is 4.80. The van der Waals surface area contributed by atoms with E-state index in [1.807, 2.05) is 7.05 Å². The van der Waals surface area contributed by atoms with Crippen LogP contribution in [0.2, 0.25) is 0 Å². The van der Waals surface area contributed by atoms with Crippen LogP contribution >= 0.6 is 0 Å². The first kappa shape index (κ1) is 18.2. The first-order chi connectivity index (χ1) is 9.24. The van der Waals surface area contributed by atoms with Crippen molar-refractivity contribution in [1.82, 2.24) is 15.5 Å². The van der Waals surface area contributed by atoms with Gasteiger partial charge in [0.1, 0.15) is 0 Å². The van der Waals surface area contributed by atoms with E-state index in [1.165, 1.54) is 19.3 Å². The maximum Gasteiger partial charge on any atom is 0.191 e. The maximum absolute atomic E-state index is 5.05. The molecule has 0 atom stereocenters. The number of hydrogen-bond acceptors (Lipinski definition) is 3.